The Kier molecular flexibility index (Phi) is 5.17. The van der Waals surface area contributed by atoms with E-state index in [0.717, 1.165) is 55.4 Å². The molecule has 8 rings (SSSR count). The quantitative estimate of drug-likeness (QED) is 0.222. The molecule has 0 N–H and O–H groups in total. The summed E-state index contributed by atoms with van der Waals surface area (Å²) < 4.78 is 0. The fourth-order valence-corrected chi connectivity index (χ4v) is 5.66. The van der Waals surface area contributed by atoms with Crippen molar-refractivity contribution in [3.63, 3.8) is 0 Å². The number of hydrogen-bond donors (Lipinski definition) is 0. The van der Waals surface area contributed by atoms with Gasteiger partial charge in [0.2, 0.25) is 0 Å². The van der Waals surface area contributed by atoms with Crippen LogP contribution in [0, 0.1) is 0 Å². The van der Waals surface area contributed by atoms with Crippen molar-refractivity contribution in [3.05, 3.63) is 146 Å². The molecule has 0 saturated heterocycles. The van der Waals surface area contributed by atoms with E-state index in [1.165, 1.54) is 21.5 Å². The number of nitrogens with zero attached hydrogens (tertiary/aromatic N) is 2. The average molecular weight is 509 g/mol. The Morgan fingerprint density at radius 1 is 0.275 bits per heavy atom. The molecule has 0 amide bonds. The Hall–Kier alpha value is -5.34. The monoisotopic (exact) mass is 508 g/mol. The van der Waals surface area contributed by atoms with Gasteiger partial charge in [-0.2, -0.15) is 0 Å². The highest BCUT2D eigenvalue weighted by atomic mass is 14.7. The molecule has 0 unspecified atom stereocenters. The highest BCUT2D eigenvalue weighted by Gasteiger charge is 2.08. The summed E-state index contributed by atoms with van der Waals surface area (Å²) in [6.45, 7) is 0. The van der Waals surface area contributed by atoms with E-state index >= 15 is 0 Å². The van der Waals surface area contributed by atoms with E-state index in [2.05, 4.69) is 146 Å². The number of hydrogen-bond acceptors (Lipinski definition) is 2. The maximum Gasteiger partial charge on any atom is 0.0715 e. The second kappa shape index (κ2) is 9.14. The third-order valence-electron chi connectivity index (χ3n) is 7.76. The molecule has 6 aromatic carbocycles. The molecule has 0 saturated carbocycles. The van der Waals surface area contributed by atoms with E-state index in [-0.39, 0.29) is 0 Å². The molecule has 2 nitrogen and oxygen atoms in total. The molecule has 0 aliphatic carbocycles. The topological polar surface area (TPSA) is 25.8 Å². The van der Waals surface area contributed by atoms with E-state index < -0.39 is 0 Å². The summed E-state index contributed by atoms with van der Waals surface area (Å²) in [5, 5.41) is 7.20. The van der Waals surface area contributed by atoms with Gasteiger partial charge in [0.25, 0.3) is 0 Å². The largest absolute Gasteiger partial charge is 0.248 e. The van der Waals surface area contributed by atoms with Crippen LogP contribution in [0.1, 0.15) is 0 Å². The van der Waals surface area contributed by atoms with Gasteiger partial charge in [0.15, 0.2) is 0 Å². The summed E-state index contributed by atoms with van der Waals surface area (Å²) in [7, 11) is 0. The molecule has 2 heterocycles. The van der Waals surface area contributed by atoms with Crippen LogP contribution in [-0.2, 0) is 0 Å². The number of fused-ring (bicyclic) bond motifs is 4. The van der Waals surface area contributed by atoms with Gasteiger partial charge in [-0.25, -0.2) is 9.97 Å². The first-order chi connectivity index (χ1) is 19.8. The smallest absolute Gasteiger partial charge is 0.0715 e. The van der Waals surface area contributed by atoms with Crippen LogP contribution in [0.2, 0.25) is 0 Å². The minimum absolute atomic E-state index is 0.976. The lowest BCUT2D eigenvalue weighted by Gasteiger charge is -2.10. The molecule has 40 heavy (non-hydrogen) atoms. The fourth-order valence-electron chi connectivity index (χ4n) is 5.66. The highest BCUT2D eigenvalue weighted by molar-refractivity contribution is 5.98. The van der Waals surface area contributed by atoms with Gasteiger partial charge in [-0.1, -0.05) is 97.1 Å². The van der Waals surface area contributed by atoms with Crippen molar-refractivity contribution in [1.29, 1.82) is 0 Å². The predicted molar refractivity (Wildman–Crippen MR) is 168 cm³/mol. The second-order valence-corrected chi connectivity index (χ2v) is 10.3. The van der Waals surface area contributed by atoms with Crippen LogP contribution >= 0.6 is 0 Å². The van der Waals surface area contributed by atoms with Crippen LogP contribution in [0.4, 0.5) is 0 Å². The van der Waals surface area contributed by atoms with Crippen molar-refractivity contribution >= 4 is 43.4 Å². The first-order valence-corrected chi connectivity index (χ1v) is 13.6. The molecule has 0 atom stereocenters. The third-order valence-corrected chi connectivity index (χ3v) is 7.76. The Morgan fingerprint density at radius 2 is 0.675 bits per heavy atom. The van der Waals surface area contributed by atoms with Crippen molar-refractivity contribution in [2.75, 3.05) is 0 Å². The molecule has 0 aliphatic rings. The standard InChI is InChI=1S/C38H24N2/c1-3-9-29-23-37-33(21-25(29)7-1)15-17-35(39-37)31-13-5-11-27(19-31)28-12-6-14-32(20-28)36-18-16-34-22-26-8-2-4-10-30(26)24-38(34)40-36/h1-24H. The molecule has 186 valence electrons. The Morgan fingerprint density at radius 3 is 1.12 bits per heavy atom. The zero-order chi connectivity index (χ0) is 26.5. The van der Waals surface area contributed by atoms with Crippen molar-refractivity contribution in [3.8, 4) is 33.6 Å². The number of pyridine rings is 2. The van der Waals surface area contributed by atoms with E-state index in [1.54, 1.807) is 0 Å². The zero-order valence-corrected chi connectivity index (χ0v) is 21.8. The van der Waals surface area contributed by atoms with E-state index in [0.29, 0.717) is 0 Å². The van der Waals surface area contributed by atoms with Crippen LogP contribution in [0.3, 0.4) is 0 Å². The third kappa shape index (κ3) is 3.98. The second-order valence-electron chi connectivity index (χ2n) is 10.3. The summed E-state index contributed by atoms with van der Waals surface area (Å²) in [6.07, 6.45) is 0. The van der Waals surface area contributed by atoms with Gasteiger partial charge in [0, 0.05) is 21.9 Å². The van der Waals surface area contributed by atoms with Crippen molar-refractivity contribution in [2.45, 2.75) is 0 Å². The molecule has 0 spiro atoms. The van der Waals surface area contributed by atoms with E-state index in [4.69, 9.17) is 9.97 Å². The van der Waals surface area contributed by atoms with Crippen LogP contribution in [0.25, 0.3) is 77.0 Å². The minimum atomic E-state index is 0.976. The van der Waals surface area contributed by atoms with Gasteiger partial charge in [-0.15, -0.1) is 0 Å². The summed E-state index contributed by atoms with van der Waals surface area (Å²) in [4.78, 5) is 10.1. The number of aromatic nitrogens is 2. The lowest BCUT2D eigenvalue weighted by atomic mass is 9.98. The first kappa shape index (κ1) is 22.6. The maximum absolute atomic E-state index is 5.04. The van der Waals surface area contributed by atoms with Crippen LogP contribution in [0.5, 0.6) is 0 Å². The van der Waals surface area contributed by atoms with Gasteiger partial charge in [0.05, 0.1) is 22.4 Å². The summed E-state index contributed by atoms with van der Waals surface area (Å²) in [5.41, 5.74) is 8.51. The SMILES string of the molecule is c1cc(-c2cccc(-c3ccc4cc5ccccc5cc4n3)c2)cc(-c2ccc3cc4ccccc4cc3n2)c1. The van der Waals surface area contributed by atoms with Crippen LogP contribution in [-0.4, -0.2) is 9.97 Å². The molecular weight excluding hydrogens is 484 g/mol. The van der Waals surface area contributed by atoms with Crippen molar-refractivity contribution in [1.82, 2.24) is 9.97 Å². The zero-order valence-electron chi connectivity index (χ0n) is 21.8. The number of benzene rings is 6. The molecule has 0 radical (unpaired) electrons. The summed E-state index contributed by atoms with van der Waals surface area (Å²) in [6, 6.07) is 51.6. The Labute approximate surface area is 232 Å². The lowest BCUT2D eigenvalue weighted by Crippen LogP contribution is -1.89. The minimum Gasteiger partial charge on any atom is -0.248 e. The normalized spacial score (nSPS) is 11.5. The predicted octanol–water partition coefficient (Wildman–Crippen LogP) is 10.1. The van der Waals surface area contributed by atoms with Crippen LogP contribution < -0.4 is 0 Å². The van der Waals surface area contributed by atoms with Crippen molar-refractivity contribution in [2.24, 2.45) is 0 Å². The maximum atomic E-state index is 5.04. The Bertz CT molecular complexity index is 2070. The molecule has 0 fully saturated rings. The molecular formula is C38H24N2. The molecule has 0 aliphatic heterocycles. The van der Waals surface area contributed by atoms with Crippen molar-refractivity contribution < 1.29 is 0 Å². The van der Waals surface area contributed by atoms with Crippen LogP contribution in [0.15, 0.2) is 146 Å². The summed E-state index contributed by atoms with van der Waals surface area (Å²) >= 11 is 0. The average Bonchev–Trinajstić information content (AvgIpc) is 3.02. The van der Waals surface area contributed by atoms with Gasteiger partial charge in [-0.05, 0) is 81.2 Å². The Balaban J connectivity index is 1.17. The van der Waals surface area contributed by atoms with Gasteiger partial charge in [0.1, 0.15) is 0 Å². The fraction of sp³-hybridized carbons (Fsp3) is 0. The lowest BCUT2D eigenvalue weighted by molar-refractivity contribution is 1.40. The molecule has 2 heteroatoms. The molecule has 8 aromatic rings. The highest BCUT2D eigenvalue weighted by Crippen LogP contribution is 2.31. The van der Waals surface area contributed by atoms with Gasteiger partial charge >= 0.3 is 0 Å². The molecule has 0 bridgehead atoms. The number of rotatable bonds is 3. The van der Waals surface area contributed by atoms with Gasteiger partial charge in [-0.3, -0.25) is 0 Å². The first-order valence-electron chi connectivity index (χ1n) is 13.6. The van der Waals surface area contributed by atoms with E-state index in [9.17, 15) is 0 Å². The van der Waals surface area contributed by atoms with E-state index in [1.807, 2.05) is 0 Å². The summed E-state index contributed by atoms with van der Waals surface area (Å²) in [5.74, 6) is 0. The van der Waals surface area contributed by atoms with Gasteiger partial charge < -0.3 is 0 Å². The molecule has 2 aromatic heterocycles.